The first-order chi connectivity index (χ1) is 19.0. The van der Waals surface area contributed by atoms with Crippen molar-refractivity contribution in [3.05, 3.63) is 124 Å². The molecule has 0 unspecified atom stereocenters. The van der Waals surface area contributed by atoms with Crippen LogP contribution in [0.1, 0.15) is 20.8 Å². The van der Waals surface area contributed by atoms with Gasteiger partial charge in [0.1, 0.15) is 0 Å². The Morgan fingerprint density at radius 1 is 0.872 bits per heavy atom. The molecule has 0 N–H and O–H groups in total. The number of carbonyl (C=O) groups is 1. The van der Waals surface area contributed by atoms with Crippen LogP contribution < -0.4 is 4.90 Å². The molecule has 6 rings (SSSR count). The lowest BCUT2D eigenvalue weighted by molar-refractivity contribution is 0.104. The Morgan fingerprint density at radius 2 is 1.54 bits per heavy atom. The van der Waals surface area contributed by atoms with Crippen LogP contribution in [-0.4, -0.2) is 19.9 Å². The minimum absolute atomic E-state index is 0.0643. The molecule has 0 spiro atoms. The van der Waals surface area contributed by atoms with Crippen LogP contribution in [0.25, 0.3) is 47.5 Å². The van der Waals surface area contributed by atoms with Gasteiger partial charge in [0, 0.05) is 61.9 Å². The van der Waals surface area contributed by atoms with Gasteiger partial charge in [-0.1, -0.05) is 60.7 Å². The van der Waals surface area contributed by atoms with Gasteiger partial charge in [0.15, 0.2) is 5.78 Å². The van der Waals surface area contributed by atoms with Crippen molar-refractivity contribution in [3.63, 3.8) is 0 Å². The van der Waals surface area contributed by atoms with Crippen LogP contribution >= 0.6 is 22.7 Å². The van der Waals surface area contributed by atoms with Crippen molar-refractivity contribution >= 4 is 56.6 Å². The second-order valence-electron chi connectivity index (χ2n) is 9.33. The number of fused-ring (bicyclic) bond motifs is 2. The Bertz CT molecular complexity index is 1910. The van der Waals surface area contributed by atoms with Crippen molar-refractivity contribution in [1.82, 2.24) is 0 Å². The van der Waals surface area contributed by atoms with Crippen LogP contribution in [0, 0.1) is 17.9 Å². The largest absolute Gasteiger partial charge is 0.378 e. The monoisotopic (exact) mass is 539 g/mol. The molecule has 3 aromatic carbocycles. The summed E-state index contributed by atoms with van der Waals surface area (Å²) in [5.41, 5.74) is 4.27. The molecule has 0 saturated carbocycles. The van der Waals surface area contributed by atoms with Gasteiger partial charge in [0.2, 0.25) is 0 Å². The Kier molecular flexibility index (Phi) is 6.21. The van der Waals surface area contributed by atoms with E-state index in [1.807, 2.05) is 38.4 Å². The number of allylic oxidation sites excluding steroid dienone is 3. The van der Waals surface area contributed by atoms with Crippen LogP contribution in [0.3, 0.4) is 0 Å². The van der Waals surface area contributed by atoms with Crippen molar-refractivity contribution in [3.8, 4) is 26.3 Å². The minimum Gasteiger partial charge on any atom is -0.378 e. The smallest absolute Gasteiger partial charge is 0.270 e. The SMILES string of the molecule is [C-]#[N+]C(C#N)=C1C(=Cc2ccc(-c3sc(-c4ccc(N(C)C)cc4)c4ccccc34)s2)C(=O)c2ccccc21. The molecule has 2 heterocycles. The highest BCUT2D eigenvalue weighted by Gasteiger charge is 2.32. The molecule has 0 atom stereocenters. The maximum absolute atomic E-state index is 13.3. The quantitative estimate of drug-likeness (QED) is 0.130. The third-order valence-corrected chi connectivity index (χ3v) is 9.30. The lowest BCUT2D eigenvalue weighted by Gasteiger charge is -2.12. The molecule has 2 aromatic heterocycles. The molecule has 0 fully saturated rings. The predicted octanol–water partition coefficient (Wildman–Crippen LogP) is 8.80. The average Bonchev–Trinajstić information content (AvgIpc) is 3.66. The van der Waals surface area contributed by atoms with Crippen LogP contribution in [0.4, 0.5) is 5.69 Å². The van der Waals surface area contributed by atoms with Gasteiger partial charge in [0.05, 0.1) is 17.5 Å². The molecule has 6 heteroatoms. The summed E-state index contributed by atoms with van der Waals surface area (Å²) in [5.74, 6) is -0.156. The summed E-state index contributed by atoms with van der Waals surface area (Å²) in [6, 6.07) is 30.3. The average molecular weight is 540 g/mol. The predicted molar refractivity (Wildman–Crippen MR) is 163 cm³/mol. The second kappa shape index (κ2) is 9.85. The summed E-state index contributed by atoms with van der Waals surface area (Å²) in [6.45, 7) is 7.51. The third-order valence-electron chi connectivity index (χ3n) is 6.81. The summed E-state index contributed by atoms with van der Waals surface area (Å²) in [6.07, 6.45) is 1.82. The van der Waals surface area contributed by atoms with Crippen LogP contribution in [0.5, 0.6) is 0 Å². The molecular formula is C33H21N3OS2. The Labute approximate surface area is 234 Å². The summed E-state index contributed by atoms with van der Waals surface area (Å²) in [4.78, 5) is 23.2. The topological polar surface area (TPSA) is 48.5 Å². The van der Waals surface area contributed by atoms with Crippen molar-refractivity contribution < 1.29 is 4.79 Å². The van der Waals surface area contributed by atoms with Crippen molar-refractivity contribution in [1.29, 1.82) is 5.26 Å². The van der Waals surface area contributed by atoms with E-state index in [2.05, 4.69) is 64.3 Å². The molecular weight excluding hydrogens is 519 g/mol. The highest BCUT2D eigenvalue weighted by molar-refractivity contribution is 7.25. The summed E-state index contributed by atoms with van der Waals surface area (Å²) in [7, 11) is 4.08. The number of hydrogen-bond donors (Lipinski definition) is 0. The van der Waals surface area contributed by atoms with Gasteiger partial charge in [-0.2, -0.15) is 0 Å². The molecule has 1 aliphatic carbocycles. The number of hydrogen-bond acceptors (Lipinski definition) is 5. The van der Waals surface area contributed by atoms with E-state index in [1.54, 1.807) is 40.9 Å². The van der Waals surface area contributed by atoms with Gasteiger partial charge in [-0.25, -0.2) is 10.1 Å². The number of carbonyl (C=O) groups excluding carboxylic acids is 1. The number of nitrogens with zero attached hydrogens (tertiary/aromatic N) is 3. The molecule has 0 amide bonds. The van der Waals surface area contributed by atoms with E-state index in [0.29, 0.717) is 22.3 Å². The van der Waals surface area contributed by atoms with E-state index >= 15 is 0 Å². The van der Waals surface area contributed by atoms with Gasteiger partial charge >= 0.3 is 0 Å². The molecule has 39 heavy (non-hydrogen) atoms. The highest BCUT2D eigenvalue weighted by atomic mass is 32.1. The zero-order valence-electron chi connectivity index (χ0n) is 21.2. The molecule has 5 aromatic rings. The number of anilines is 1. The lowest BCUT2D eigenvalue weighted by Crippen LogP contribution is -2.07. The van der Waals surface area contributed by atoms with E-state index in [4.69, 9.17) is 6.57 Å². The van der Waals surface area contributed by atoms with E-state index in [9.17, 15) is 10.1 Å². The van der Waals surface area contributed by atoms with Gasteiger partial charge < -0.3 is 4.90 Å². The van der Waals surface area contributed by atoms with Crippen molar-refractivity contribution in [2.45, 2.75) is 0 Å². The number of rotatable bonds is 4. The normalized spacial score (nSPS) is 14.8. The van der Waals surface area contributed by atoms with Gasteiger partial charge in [0.25, 0.3) is 5.70 Å². The third kappa shape index (κ3) is 4.17. The molecule has 0 bridgehead atoms. The van der Waals surface area contributed by atoms with Crippen LogP contribution in [-0.2, 0) is 0 Å². The van der Waals surface area contributed by atoms with Gasteiger partial charge in [-0.05, 0) is 41.5 Å². The fourth-order valence-electron chi connectivity index (χ4n) is 4.93. The summed E-state index contributed by atoms with van der Waals surface area (Å²) < 4.78 is 0. The lowest BCUT2D eigenvalue weighted by atomic mass is 10.0. The number of nitriles is 1. The number of thiophene rings is 2. The first kappa shape index (κ1) is 24.6. The van der Waals surface area contributed by atoms with E-state index in [-0.39, 0.29) is 11.5 Å². The fourth-order valence-corrected chi connectivity index (χ4v) is 7.28. The molecule has 0 radical (unpaired) electrons. The van der Waals surface area contributed by atoms with Crippen molar-refractivity contribution in [2.75, 3.05) is 19.0 Å². The van der Waals surface area contributed by atoms with E-state index < -0.39 is 0 Å². The molecule has 0 saturated heterocycles. The maximum atomic E-state index is 13.3. The Balaban J connectivity index is 1.44. The standard InChI is InChI=1S/C33H21N3OS2/c1-35-28(19-34)30-23-8-4-5-9-24(23)31(37)27(30)18-22-16-17-29(38-22)33-26-11-7-6-10-25(26)32(39-33)20-12-14-21(15-13-20)36(2)3/h4-18H,2-3H3. The molecule has 4 nitrogen and oxygen atoms in total. The summed E-state index contributed by atoms with van der Waals surface area (Å²) in [5, 5.41) is 12.0. The molecule has 1 aliphatic rings. The van der Waals surface area contributed by atoms with E-state index in [1.165, 1.54) is 26.1 Å². The second-order valence-corrected chi connectivity index (χ2v) is 11.5. The Morgan fingerprint density at radius 3 is 2.21 bits per heavy atom. The van der Waals surface area contributed by atoms with Crippen LogP contribution in [0.15, 0.2) is 96.2 Å². The zero-order chi connectivity index (χ0) is 27.1. The first-order valence-electron chi connectivity index (χ1n) is 12.3. The number of benzene rings is 3. The Hall–Kier alpha value is -4.75. The zero-order valence-corrected chi connectivity index (χ0v) is 22.9. The first-order valence-corrected chi connectivity index (χ1v) is 13.9. The van der Waals surface area contributed by atoms with Gasteiger partial charge in [-0.3, -0.25) is 4.79 Å². The fraction of sp³-hybridized carbons (Fsp3) is 0.0606. The highest BCUT2D eigenvalue weighted by Crippen LogP contribution is 2.47. The van der Waals surface area contributed by atoms with Crippen LogP contribution in [0.2, 0.25) is 0 Å². The minimum atomic E-state index is -0.156. The number of ketones is 1. The van der Waals surface area contributed by atoms with Crippen molar-refractivity contribution in [2.24, 2.45) is 0 Å². The summed E-state index contributed by atoms with van der Waals surface area (Å²) >= 11 is 3.37. The maximum Gasteiger partial charge on any atom is 0.270 e. The molecule has 186 valence electrons. The molecule has 0 aliphatic heterocycles. The number of Topliss-reactive ketones (excluding diaryl/α,β-unsaturated/α-hetero) is 1. The van der Waals surface area contributed by atoms with Gasteiger partial charge in [-0.15, -0.1) is 22.7 Å². The van der Waals surface area contributed by atoms with E-state index in [0.717, 1.165) is 15.4 Å².